The first kappa shape index (κ1) is 17.9. The Morgan fingerprint density at radius 1 is 1.20 bits per heavy atom. The van der Waals surface area contributed by atoms with Gasteiger partial charge < -0.3 is 4.98 Å². The van der Waals surface area contributed by atoms with Gasteiger partial charge in [-0.2, -0.15) is 13.1 Å². The molecule has 1 aliphatic heterocycles. The summed E-state index contributed by atoms with van der Waals surface area (Å²) in [5, 5.41) is 0.598. The Bertz CT molecular complexity index is 822. The number of aromatic amines is 1. The van der Waals surface area contributed by atoms with Gasteiger partial charge in [0.05, 0.1) is 6.33 Å². The van der Waals surface area contributed by atoms with Gasteiger partial charge in [-0.1, -0.05) is 23.7 Å². The molecule has 25 heavy (non-hydrogen) atoms. The molecule has 0 bridgehead atoms. The zero-order chi connectivity index (χ0) is 17.9. The van der Waals surface area contributed by atoms with E-state index in [1.165, 1.54) is 0 Å². The Labute approximate surface area is 151 Å². The van der Waals surface area contributed by atoms with Crippen molar-refractivity contribution in [3.05, 3.63) is 53.1 Å². The summed E-state index contributed by atoms with van der Waals surface area (Å²) in [6.45, 7) is 0.180. The number of nitrogens with one attached hydrogen (secondary N) is 2. The maximum atomic E-state index is 12.5. The van der Waals surface area contributed by atoms with Gasteiger partial charge in [0.25, 0.3) is 5.91 Å². The first-order valence-electron chi connectivity index (χ1n) is 8.01. The normalized spacial score (nSPS) is 19.5. The zero-order valence-electron chi connectivity index (χ0n) is 13.5. The molecule has 1 unspecified atom stereocenters. The van der Waals surface area contributed by atoms with Crippen LogP contribution < -0.4 is 4.72 Å². The average Bonchev–Trinajstić information content (AvgIpc) is 3.15. The van der Waals surface area contributed by atoms with E-state index in [2.05, 4.69) is 14.7 Å². The number of unbranched alkanes of at least 4 members (excludes halogenated alkanes) is 1. The van der Waals surface area contributed by atoms with E-state index in [0.29, 0.717) is 17.9 Å². The van der Waals surface area contributed by atoms with Crippen LogP contribution >= 0.6 is 11.6 Å². The summed E-state index contributed by atoms with van der Waals surface area (Å²) in [6.07, 6.45) is 5.78. The van der Waals surface area contributed by atoms with Crippen molar-refractivity contribution in [2.75, 3.05) is 6.54 Å². The van der Waals surface area contributed by atoms with E-state index in [0.717, 1.165) is 28.4 Å². The fourth-order valence-corrected chi connectivity index (χ4v) is 4.32. The molecular weight excluding hydrogens is 364 g/mol. The summed E-state index contributed by atoms with van der Waals surface area (Å²) in [5.74, 6) is -0.406. The Kier molecular flexibility index (Phi) is 5.41. The minimum absolute atomic E-state index is 0.180. The van der Waals surface area contributed by atoms with Crippen LogP contribution in [0.15, 0.2) is 36.8 Å². The second kappa shape index (κ2) is 7.55. The summed E-state index contributed by atoms with van der Waals surface area (Å²) in [5.41, 5.74) is 1.85. The van der Waals surface area contributed by atoms with E-state index in [1.54, 1.807) is 36.8 Å². The van der Waals surface area contributed by atoms with Crippen LogP contribution in [0.25, 0.3) is 0 Å². The second-order valence-electron chi connectivity index (χ2n) is 5.95. The number of nitrogens with zero attached hydrogens (tertiary/aromatic N) is 2. The Morgan fingerprint density at radius 2 is 1.96 bits per heavy atom. The number of aromatic nitrogens is 2. The molecule has 0 saturated carbocycles. The lowest BCUT2D eigenvalue weighted by molar-refractivity contribution is -0.126. The minimum Gasteiger partial charge on any atom is -0.348 e. The maximum absolute atomic E-state index is 12.5. The molecule has 1 saturated heterocycles. The van der Waals surface area contributed by atoms with Gasteiger partial charge in [0, 0.05) is 23.5 Å². The zero-order valence-corrected chi connectivity index (χ0v) is 15.1. The first-order valence-corrected chi connectivity index (χ1v) is 9.83. The van der Waals surface area contributed by atoms with Gasteiger partial charge in [-0.15, -0.1) is 0 Å². The van der Waals surface area contributed by atoms with Crippen molar-refractivity contribution in [3.8, 4) is 0 Å². The number of amides is 1. The largest absolute Gasteiger partial charge is 0.348 e. The van der Waals surface area contributed by atoms with Crippen molar-refractivity contribution in [3.63, 3.8) is 0 Å². The van der Waals surface area contributed by atoms with Crippen LogP contribution in [0.1, 0.15) is 24.1 Å². The predicted molar refractivity (Wildman–Crippen MR) is 94.2 cm³/mol. The topological polar surface area (TPSA) is 95.2 Å². The molecule has 0 aliphatic carbocycles. The van der Waals surface area contributed by atoms with Gasteiger partial charge >= 0.3 is 10.2 Å². The van der Waals surface area contributed by atoms with E-state index < -0.39 is 22.2 Å². The van der Waals surface area contributed by atoms with Crippen LogP contribution in [0.5, 0.6) is 0 Å². The van der Waals surface area contributed by atoms with Gasteiger partial charge in [-0.05, 0) is 43.4 Å². The SMILES string of the molecule is O=C1C(Cc2ccc(Cl)cc2)NS(=O)(=O)N1CCCCc1cnc[nH]1. The summed E-state index contributed by atoms with van der Waals surface area (Å²) in [7, 11) is -3.76. The number of H-pyrrole nitrogens is 1. The highest BCUT2D eigenvalue weighted by atomic mass is 35.5. The van der Waals surface area contributed by atoms with Crippen LogP contribution in [0.2, 0.25) is 5.02 Å². The molecule has 1 amide bonds. The van der Waals surface area contributed by atoms with E-state index >= 15 is 0 Å². The highest BCUT2D eigenvalue weighted by Gasteiger charge is 2.42. The number of benzene rings is 1. The molecule has 134 valence electrons. The molecule has 0 spiro atoms. The van der Waals surface area contributed by atoms with Crippen molar-refractivity contribution in [1.82, 2.24) is 19.0 Å². The smallest absolute Gasteiger partial charge is 0.304 e. The number of hydrogen-bond donors (Lipinski definition) is 2. The lowest BCUT2D eigenvalue weighted by atomic mass is 10.1. The Hall–Kier alpha value is -1.90. The number of hydrogen-bond acceptors (Lipinski definition) is 4. The molecule has 1 aromatic heterocycles. The number of carbonyl (C=O) groups is 1. The van der Waals surface area contributed by atoms with Crippen LogP contribution in [0.4, 0.5) is 0 Å². The maximum Gasteiger partial charge on any atom is 0.304 e. The molecular formula is C16H19ClN4O3S. The average molecular weight is 383 g/mol. The molecule has 2 aromatic rings. The fourth-order valence-electron chi connectivity index (χ4n) is 2.79. The molecule has 1 fully saturated rings. The fraction of sp³-hybridized carbons (Fsp3) is 0.375. The molecule has 2 N–H and O–H groups in total. The number of rotatable bonds is 7. The third-order valence-electron chi connectivity index (χ3n) is 4.09. The second-order valence-corrected chi connectivity index (χ2v) is 8.01. The lowest BCUT2D eigenvalue weighted by Crippen LogP contribution is -2.33. The number of carbonyl (C=O) groups excluding carboxylic acids is 1. The minimum atomic E-state index is -3.76. The molecule has 0 radical (unpaired) electrons. The van der Waals surface area contributed by atoms with Gasteiger partial charge in [0.1, 0.15) is 6.04 Å². The number of halogens is 1. The summed E-state index contributed by atoms with van der Waals surface area (Å²) < 4.78 is 27.8. The van der Waals surface area contributed by atoms with Crippen molar-refractivity contribution >= 4 is 27.7 Å². The predicted octanol–water partition coefficient (Wildman–Crippen LogP) is 1.67. The summed E-state index contributed by atoms with van der Waals surface area (Å²) >= 11 is 5.84. The number of aryl methyl sites for hydroxylation is 1. The van der Waals surface area contributed by atoms with Crippen LogP contribution in [0.3, 0.4) is 0 Å². The Morgan fingerprint density at radius 3 is 2.64 bits per heavy atom. The van der Waals surface area contributed by atoms with Gasteiger partial charge in [0.15, 0.2) is 0 Å². The van der Waals surface area contributed by atoms with E-state index in [9.17, 15) is 13.2 Å². The van der Waals surface area contributed by atoms with E-state index in [4.69, 9.17) is 11.6 Å². The molecule has 1 aromatic carbocycles. The van der Waals surface area contributed by atoms with Crippen LogP contribution in [0, 0.1) is 0 Å². The van der Waals surface area contributed by atoms with Crippen molar-refractivity contribution in [1.29, 1.82) is 0 Å². The van der Waals surface area contributed by atoms with Gasteiger partial charge in [-0.3, -0.25) is 4.79 Å². The third kappa shape index (κ3) is 4.39. The highest BCUT2D eigenvalue weighted by molar-refractivity contribution is 7.88. The van der Waals surface area contributed by atoms with Crippen molar-refractivity contribution in [2.24, 2.45) is 0 Å². The molecule has 9 heteroatoms. The molecule has 2 heterocycles. The van der Waals surface area contributed by atoms with Crippen molar-refractivity contribution in [2.45, 2.75) is 31.7 Å². The van der Waals surface area contributed by atoms with Crippen molar-refractivity contribution < 1.29 is 13.2 Å². The first-order chi connectivity index (χ1) is 12.0. The molecule has 1 aliphatic rings. The van der Waals surface area contributed by atoms with Gasteiger partial charge in [0.2, 0.25) is 0 Å². The highest BCUT2D eigenvalue weighted by Crippen LogP contribution is 2.18. The quantitative estimate of drug-likeness (QED) is 0.712. The standard InChI is InChI=1S/C16H19ClN4O3S/c17-13-6-4-12(5-7-13)9-15-16(22)21(25(23,24)20-15)8-2-1-3-14-10-18-11-19-14/h4-7,10-11,15,20H,1-3,8-9H2,(H,18,19). The van der Waals surface area contributed by atoms with Crippen LogP contribution in [-0.4, -0.2) is 41.2 Å². The molecule has 7 nitrogen and oxygen atoms in total. The van der Waals surface area contributed by atoms with E-state index in [-0.39, 0.29) is 6.54 Å². The van der Waals surface area contributed by atoms with Crippen LogP contribution in [-0.2, 0) is 27.8 Å². The third-order valence-corrected chi connectivity index (χ3v) is 5.87. The summed E-state index contributed by atoms with van der Waals surface area (Å²) in [4.78, 5) is 19.4. The summed E-state index contributed by atoms with van der Waals surface area (Å²) in [6, 6.07) is 6.25. The number of imidazole rings is 1. The Balaban J connectivity index is 1.56. The van der Waals surface area contributed by atoms with Gasteiger partial charge in [-0.25, -0.2) is 9.29 Å². The molecule has 3 rings (SSSR count). The molecule has 1 atom stereocenters. The van der Waals surface area contributed by atoms with E-state index in [1.807, 2.05) is 0 Å². The lowest BCUT2D eigenvalue weighted by Gasteiger charge is -2.13. The monoisotopic (exact) mass is 382 g/mol.